The van der Waals surface area contributed by atoms with Gasteiger partial charge in [-0.2, -0.15) is 0 Å². The lowest BCUT2D eigenvalue weighted by molar-refractivity contribution is 0.258. The lowest BCUT2D eigenvalue weighted by Gasteiger charge is -2.25. The molecule has 1 aromatic rings. The molecule has 0 amide bonds. The summed E-state index contributed by atoms with van der Waals surface area (Å²) in [6, 6.07) is 0.518. The van der Waals surface area contributed by atoms with Crippen LogP contribution in [-0.4, -0.2) is 40.6 Å². The van der Waals surface area contributed by atoms with Crippen molar-refractivity contribution in [1.82, 2.24) is 19.8 Å². The quantitative estimate of drug-likeness (QED) is 0.839. The third-order valence-corrected chi connectivity index (χ3v) is 3.71. The molecule has 96 valence electrons. The number of nitrogens with zero attached hydrogens (tertiary/aromatic N) is 3. The van der Waals surface area contributed by atoms with Crippen LogP contribution in [0.5, 0.6) is 0 Å². The van der Waals surface area contributed by atoms with Crippen molar-refractivity contribution in [1.29, 1.82) is 0 Å². The Morgan fingerprint density at radius 1 is 1.47 bits per heavy atom. The topological polar surface area (TPSA) is 33.1 Å². The van der Waals surface area contributed by atoms with Gasteiger partial charge in [0.2, 0.25) is 0 Å². The molecule has 2 heterocycles. The summed E-state index contributed by atoms with van der Waals surface area (Å²) < 4.78 is 2.37. The molecule has 0 fully saturated rings. The highest BCUT2D eigenvalue weighted by molar-refractivity contribution is 5.17. The Hall–Kier alpha value is -0.870. The van der Waals surface area contributed by atoms with E-state index in [1.165, 1.54) is 11.4 Å². The van der Waals surface area contributed by atoms with Crippen molar-refractivity contribution in [3.8, 4) is 0 Å². The molecule has 0 saturated carbocycles. The van der Waals surface area contributed by atoms with Gasteiger partial charge >= 0.3 is 0 Å². The summed E-state index contributed by atoms with van der Waals surface area (Å²) in [5, 5.41) is 3.37. The van der Waals surface area contributed by atoms with Gasteiger partial charge in [-0.25, -0.2) is 4.98 Å². The molecule has 1 aromatic heterocycles. The van der Waals surface area contributed by atoms with E-state index in [1.54, 1.807) is 0 Å². The zero-order valence-corrected chi connectivity index (χ0v) is 11.2. The molecule has 1 aliphatic heterocycles. The highest BCUT2D eigenvalue weighted by Crippen LogP contribution is 2.18. The summed E-state index contributed by atoms with van der Waals surface area (Å²) >= 11 is 0. The van der Waals surface area contributed by atoms with E-state index >= 15 is 0 Å². The van der Waals surface area contributed by atoms with Crippen LogP contribution in [0.1, 0.15) is 38.2 Å². The van der Waals surface area contributed by atoms with Gasteiger partial charge in [0.05, 0.1) is 12.0 Å². The second-order valence-electron chi connectivity index (χ2n) is 4.81. The molecule has 4 heteroatoms. The van der Waals surface area contributed by atoms with Crippen LogP contribution in [0.25, 0.3) is 0 Å². The predicted molar refractivity (Wildman–Crippen MR) is 70.1 cm³/mol. The molecule has 17 heavy (non-hydrogen) atoms. The van der Waals surface area contributed by atoms with Gasteiger partial charge in [0.1, 0.15) is 0 Å². The number of imidazole rings is 1. The first kappa shape index (κ1) is 12.6. The van der Waals surface area contributed by atoms with E-state index in [0.717, 1.165) is 39.1 Å². The molecule has 1 atom stereocenters. The minimum absolute atomic E-state index is 0.518. The third kappa shape index (κ3) is 2.69. The Morgan fingerprint density at radius 2 is 2.24 bits per heavy atom. The summed E-state index contributed by atoms with van der Waals surface area (Å²) in [7, 11) is 0. The first-order valence-corrected chi connectivity index (χ1v) is 6.73. The van der Waals surface area contributed by atoms with Crippen LogP contribution in [0.4, 0.5) is 0 Å². The van der Waals surface area contributed by atoms with Gasteiger partial charge in [0.15, 0.2) is 0 Å². The number of rotatable bonds is 5. The van der Waals surface area contributed by atoms with Gasteiger partial charge in [0.25, 0.3) is 0 Å². The highest BCUT2D eigenvalue weighted by atomic mass is 15.2. The van der Waals surface area contributed by atoms with E-state index in [0.29, 0.717) is 6.04 Å². The van der Waals surface area contributed by atoms with Crippen molar-refractivity contribution < 1.29 is 0 Å². The fraction of sp³-hybridized carbons (Fsp3) is 0.769. The van der Waals surface area contributed by atoms with Crippen LogP contribution in [0.2, 0.25) is 0 Å². The van der Waals surface area contributed by atoms with Crippen LogP contribution >= 0.6 is 0 Å². The van der Waals surface area contributed by atoms with Crippen molar-refractivity contribution in [2.45, 2.75) is 39.8 Å². The van der Waals surface area contributed by atoms with Crippen molar-refractivity contribution in [2.75, 3.05) is 26.2 Å². The standard InChI is InChI=1S/C13H24N4/c1-4-16(5-2)9-11(3)17-10-15-12-8-14-7-6-13(12)17/h10-11,14H,4-9H2,1-3H3. The van der Waals surface area contributed by atoms with E-state index in [2.05, 4.69) is 40.5 Å². The minimum atomic E-state index is 0.518. The van der Waals surface area contributed by atoms with Crippen molar-refractivity contribution in [3.05, 3.63) is 17.7 Å². The molecule has 0 aliphatic carbocycles. The number of fused-ring (bicyclic) bond motifs is 1. The second kappa shape index (κ2) is 5.65. The summed E-state index contributed by atoms with van der Waals surface area (Å²) in [6.07, 6.45) is 3.13. The number of likely N-dealkylation sites (N-methyl/N-ethyl adjacent to an activating group) is 1. The number of aromatic nitrogens is 2. The molecule has 1 unspecified atom stereocenters. The number of nitrogens with one attached hydrogen (secondary N) is 1. The largest absolute Gasteiger partial charge is 0.330 e. The molecule has 1 aliphatic rings. The minimum Gasteiger partial charge on any atom is -0.330 e. The van der Waals surface area contributed by atoms with E-state index in [4.69, 9.17) is 0 Å². The lowest BCUT2D eigenvalue weighted by Crippen LogP contribution is -2.31. The van der Waals surface area contributed by atoms with Gasteiger partial charge in [-0.15, -0.1) is 0 Å². The van der Waals surface area contributed by atoms with E-state index in [-0.39, 0.29) is 0 Å². The molecule has 0 saturated heterocycles. The molecule has 4 nitrogen and oxygen atoms in total. The summed E-state index contributed by atoms with van der Waals surface area (Å²) in [5.41, 5.74) is 2.67. The molecule has 2 rings (SSSR count). The maximum absolute atomic E-state index is 4.52. The Bertz CT molecular complexity index is 354. The normalized spacial score (nSPS) is 17.2. The second-order valence-corrected chi connectivity index (χ2v) is 4.81. The van der Waals surface area contributed by atoms with Gasteiger partial charge in [0, 0.05) is 37.8 Å². The number of hydrogen-bond donors (Lipinski definition) is 1. The van der Waals surface area contributed by atoms with Crippen LogP contribution in [0.15, 0.2) is 6.33 Å². The third-order valence-electron chi connectivity index (χ3n) is 3.71. The fourth-order valence-corrected chi connectivity index (χ4v) is 2.58. The number of hydrogen-bond acceptors (Lipinski definition) is 3. The fourth-order valence-electron chi connectivity index (χ4n) is 2.58. The van der Waals surface area contributed by atoms with Crippen molar-refractivity contribution >= 4 is 0 Å². The van der Waals surface area contributed by atoms with Gasteiger partial charge in [-0.3, -0.25) is 0 Å². The highest BCUT2D eigenvalue weighted by Gasteiger charge is 2.18. The maximum atomic E-state index is 4.52. The van der Waals surface area contributed by atoms with Crippen molar-refractivity contribution in [2.24, 2.45) is 0 Å². The zero-order chi connectivity index (χ0) is 12.3. The molecule has 0 bridgehead atoms. The predicted octanol–water partition coefficient (Wildman–Crippen LogP) is 1.43. The van der Waals surface area contributed by atoms with Gasteiger partial charge < -0.3 is 14.8 Å². The van der Waals surface area contributed by atoms with E-state index in [1.807, 2.05) is 6.33 Å². The van der Waals surface area contributed by atoms with Crippen LogP contribution in [0.3, 0.4) is 0 Å². The SMILES string of the molecule is CCN(CC)CC(C)n1cnc2c1CCNC2. The molecule has 0 radical (unpaired) electrons. The maximum Gasteiger partial charge on any atom is 0.0955 e. The van der Waals surface area contributed by atoms with Gasteiger partial charge in [-0.1, -0.05) is 13.8 Å². The van der Waals surface area contributed by atoms with Gasteiger partial charge in [-0.05, 0) is 20.0 Å². The summed E-state index contributed by atoms with van der Waals surface area (Å²) in [4.78, 5) is 6.99. The summed E-state index contributed by atoms with van der Waals surface area (Å²) in [6.45, 7) is 12.1. The Balaban J connectivity index is 2.08. The molecular formula is C13H24N4. The van der Waals surface area contributed by atoms with Crippen molar-refractivity contribution in [3.63, 3.8) is 0 Å². The average Bonchev–Trinajstić information content (AvgIpc) is 2.79. The van der Waals surface area contributed by atoms with Crippen LogP contribution in [-0.2, 0) is 13.0 Å². The van der Waals surface area contributed by atoms with E-state index in [9.17, 15) is 0 Å². The average molecular weight is 236 g/mol. The lowest BCUT2D eigenvalue weighted by atomic mass is 10.1. The van der Waals surface area contributed by atoms with Crippen LogP contribution in [0, 0.1) is 0 Å². The first-order chi connectivity index (χ1) is 8.26. The first-order valence-electron chi connectivity index (χ1n) is 6.73. The van der Waals surface area contributed by atoms with Crippen LogP contribution < -0.4 is 5.32 Å². The Morgan fingerprint density at radius 3 is 2.94 bits per heavy atom. The summed E-state index contributed by atoms with van der Waals surface area (Å²) in [5.74, 6) is 0. The Kier molecular flexibility index (Phi) is 4.18. The monoisotopic (exact) mass is 236 g/mol. The molecule has 1 N–H and O–H groups in total. The Labute approximate surface area is 104 Å². The molecule has 0 aromatic carbocycles. The smallest absolute Gasteiger partial charge is 0.0955 e. The zero-order valence-electron chi connectivity index (χ0n) is 11.2. The molecule has 0 spiro atoms. The molecular weight excluding hydrogens is 212 g/mol. The van der Waals surface area contributed by atoms with E-state index < -0.39 is 0 Å².